The van der Waals surface area contributed by atoms with Gasteiger partial charge in [-0.3, -0.25) is 4.99 Å². The Morgan fingerprint density at radius 2 is 1.92 bits per heavy atom. The van der Waals surface area contributed by atoms with Crippen molar-refractivity contribution in [1.29, 1.82) is 0 Å². The predicted octanol–water partition coefficient (Wildman–Crippen LogP) is 3.69. The summed E-state index contributed by atoms with van der Waals surface area (Å²) in [5.41, 5.74) is 6.85. The Kier molecular flexibility index (Phi) is 10.1. The minimum atomic E-state index is 0. The molecule has 0 unspecified atom stereocenters. The van der Waals surface area contributed by atoms with Crippen LogP contribution in [0, 0.1) is 0 Å². The standard InChI is InChI=1S/C18H30N4O.HI/c1-22(16-7-4-3-5-8-16)14-6-13-20-18(19)21-15-9-11-17(23-2)12-10-15;/h9-12,16H,3-8,13-14H2,1-2H3,(H3,19,20,21);1H. The lowest BCUT2D eigenvalue weighted by Crippen LogP contribution is -2.34. The van der Waals surface area contributed by atoms with E-state index < -0.39 is 0 Å². The van der Waals surface area contributed by atoms with E-state index in [1.54, 1.807) is 7.11 Å². The number of benzene rings is 1. The molecule has 1 saturated carbocycles. The number of halogens is 1. The first-order chi connectivity index (χ1) is 11.2. The summed E-state index contributed by atoms with van der Waals surface area (Å²) in [4.78, 5) is 6.89. The maximum absolute atomic E-state index is 5.93. The number of nitrogens with one attached hydrogen (secondary N) is 1. The molecule has 0 spiro atoms. The molecule has 6 heteroatoms. The van der Waals surface area contributed by atoms with Crippen molar-refractivity contribution in [2.45, 2.75) is 44.6 Å². The summed E-state index contributed by atoms with van der Waals surface area (Å²) in [6.45, 7) is 1.84. The highest BCUT2D eigenvalue weighted by Crippen LogP contribution is 2.21. The van der Waals surface area contributed by atoms with Crippen LogP contribution in [-0.2, 0) is 0 Å². The lowest BCUT2D eigenvalue weighted by Gasteiger charge is -2.30. The topological polar surface area (TPSA) is 62.9 Å². The van der Waals surface area contributed by atoms with Crippen molar-refractivity contribution in [3.05, 3.63) is 24.3 Å². The first kappa shape index (κ1) is 21.0. The second-order valence-electron chi connectivity index (χ2n) is 6.25. The maximum atomic E-state index is 5.93. The van der Waals surface area contributed by atoms with Crippen molar-refractivity contribution in [2.75, 3.05) is 32.6 Å². The van der Waals surface area contributed by atoms with Crippen molar-refractivity contribution < 1.29 is 4.74 Å². The Labute approximate surface area is 163 Å². The van der Waals surface area contributed by atoms with E-state index in [0.717, 1.165) is 37.0 Å². The Balaban J connectivity index is 0.00000288. The van der Waals surface area contributed by atoms with Gasteiger partial charge in [0.2, 0.25) is 0 Å². The van der Waals surface area contributed by atoms with Crippen LogP contribution < -0.4 is 15.8 Å². The highest BCUT2D eigenvalue weighted by atomic mass is 127. The average Bonchev–Trinajstić information content (AvgIpc) is 2.60. The normalized spacial score (nSPS) is 15.9. The number of hydrogen-bond donors (Lipinski definition) is 2. The molecule has 0 bridgehead atoms. The lowest BCUT2D eigenvalue weighted by molar-refractivity contribution is 0.191. The largest absolute Gasteiger partial charge is 0.497 e. The fraction of sp³-hybridized carbons (Fsp3) is 0.611. The SMILES string of the molecule is COc1ccc(NC(N)=NCCCN(C)C2CCCCC2)cc1.I. The minimum absolute atomic E-state index is 0. The van der Waals surface area contributed by atoms with E-state index >= 15 is 0 Å². The van der Waals surface area contributed by atoms with Gasteiger partial charge in [-0.25, -0.2) is 0 Å². The number of nitrogens with two attached hydrogens (primary N) is 1. The quantitative estimate of drug-likeness (QED) is 0.290. The fourth-order valence-electron chi connectivity index (χ4n) is 3.09. The van der Waals surface area contributed by atoms with Crippen molar-refractivity contribution in [3.63, 3.8) is 0 Å². The van der Waals surface area contributed by atoms with Gasteiger partial charge < -0.3 is 20.7 Å². The molecule has 1 aromatic rings. The molecule has 0 amide bonds. The maximum Gasteiger partial charge on any atom is 0.193 e. The second-order valence-corrected chi connectivity index (χ2v) is 6.25. The highest BCUT2D eigenvalue weighted by molar-refractivity contribution is 14.0. The molecule has 5 nitrogen and oxygen atoms in total. The van der Waals surface area contributed by atoms with Crippen LogP contribution in [0.2, 0.25) is 0 Å². The fourth-order valence-corrected chi connectivity index (χ4v) is 3.09. The summed E-state index contributed by atoms with van der Waals surface area (Å²) < 4.78 is 5.13. The van der Waals surface area contributed by atoms with Crippen LogP contribution in [0.1, 0.15) is 38.5 Å². The minimum Gasteiger partial charge on any atom is -0.497 e. The number of hydrogen-bond acceptors (Lipinski definition) is 3. The number of methoxy groups -OCH3 is 1. The Hall–Kier alpha value is -1.02. The molecule has 0 radical (unpaired) electrons. The van der Waals surface area contributed by atoms with Gasteiger partial charge >= 0.3 is 0 Å². The monoisotopic (exact) mass is 446 g/mol. The molecule has 0 heterocycles. The molecule has 1 aliphatic carbocycles. The summed E-state index contributed by atoms with van der Waals surface area (Å²) in [5, 5.41) is 3.10. The second kappa shape index (κ2) is 11.5. The van der Waals surface area contributed by atoms with Crippen LogP contribution in [0.15, 0.2) is 29.3 Å². The molecule has 0 saturated heterocycles. The molecular formula is C18H31IN4O. The van der Waals surface area contributed by atoms with Crippen LogP contribution in [-0.4, -0.2) is 44.1 Å². The number of nitrogens with zero attached hydrogens (tertiary/aromatic N) is 2. The Morgan fingerprint density at radius 3 is 2.54 bits per heavy atom. The molecule has 0 aliphatic heterocycles. The van der Waals surface area contributed by atoms with E-state index in [2.05, 4.69) is 22.3 Å². The van der Waals surface area contributed by atoms with E-state index in [1.807, 2.05) is 24.3 Å². The number of guanidine groups is 1. The predicted molar refractivity (Wildman–Crippen MR) is 113 cm³/mol. The lowest BCUT2D eigenvalue weighted by atomic mass is 9.94. The number of rotatable bonds is 7. The third-order valence-electron chi connectivity index (χ3n) is 4.51. The molecule has 0 aromatic heterocycles. The Bertz CT molecular complexity index is 486. The molecule has 1 aliphatic rings. The van der Waals surface area contributed by atoms with Crippen LogP contribution in [0.3, 0.4) is 0 Å². The van der Waals surface area contributed by atoms with Crippen molar-refractivity contribution in [1.82, 2.24) is 4.90 Å². The van der Waals surface area contributed by atoms with Gasteiger partial charge in [0.05, 0.1) is 7.11 Å². The molecule has 1 fully saturated rings. The first-order valence-corrected chi connectivity index (χ1v) is 8.60. The zero-order valence-electron chi connectivity index (χ0n) is 14.8. The van der Waals surface area contributed by atoms with Crippen molar-refractivity contribution in [3.8, 4) is 5.75 Å². The summed E-state index contributed by atoms with van der Waals surface area (Å²) in [5.74, 6) is 1.30. The summed E-state index contributed by atoms with van der Waals surface area (Å²) in [7, 11) is 3.89. The zero-order chi connectivity index (χ0) is 16.5. The highest BCUT2D eigenvalue weighted by Gasteiger charge is 2.17. The first-order valence-electron chi connectivity index (χ1n) is 8.60. The molecule has 24 heavy (non-hydrogen) atoms. The van der Waals surface area contributed by atoms with Gasteiger partial charge in [0.15, 0.2) is 5.96 Å². The molecule has 136 valence electrons. The van der Waals surface area contributed by atoms with E-state index in [-0.39, 0.29) is 24.0 Å². The van der Waals surface area contributed by atoms with Gasteiger partial charge in [-0.1, -0.05) is 19.3 Å². The third-order valence-corrected chi connectivity index (χ3v) is 4.51. The summed E-state index contributed by atoms with van der Waals surface area (Å²) >= 11 is 0. The van der Waals surface area contributed by atoms with Crippen molar-refractivity contribution in [2.24, 2.45) is 10.7 Å². The van der Waals surface area contributed by atoms with Gasteiger partial charge in [0.25, 0.3) is 0 Å². The molecule has 3 N–H and O–H groups in total. The number of aliphatic imine (C=N–C) groups is 1. The number of ether oxygens (including phenoxy) is 1. The van der Waals surface area contributed by atoms with Gasteiger partial charge in [0.1, 0.15) is 5.75 Å². The van der Waals surface area contributed by atoms with Crippen LogP contribution in [0.5, 0.6) is 5.75 Å². The summed E-state index contributed by atoms with van der Waals surface area (Å²) in [6, 6.07) is 8.42. The average molecular weight is 446 g/mol. The van der Waals surface area contributed by atoms with Crippen LogP contribution in [0.4, 0.5) is 5.69 Å². The molecule has 2 rings (SSSR count). The van der Waals surface area contributed by atoms with Crippen molar-refractivity contribution >= 4 is 35.6 Å². The molecular weight excluding hydrogens is 415 g/mol. The Morgan fingerprint density at radius 1 is 1.25 bits per heavy atom. The van der Waals surface area contributed by atoms with E-state index in [1.165, 1.54) is 32.1 Å². The molecule has 1 aromatic carbocycles. The smallest absolute Gasteiger partial charge is 0.193 e. The summed E-state index contributed by atoms with van der Waals surface area (Å²) in [6.07, 6.45) is 7.90. The van der Waals surface area contributed by atoms with Gasteiger partial charge in [-0.05, 0) is 57.1 Å². The third kappa shape index (κ3) is 7.25. The molecule has 0 atom stereocenters. The van der Waals surface area contributed by atoms with E-state index in [9.17, 15) is 0 Å². The number of anilines is 1. The van der Waals surface area contributed by atoms with Gasteiger partial charge in [0, 0.05) is 18.3 Å². The van der Waals surface area contributed by atoms with Gasteiger partial charge in [-0.2, -0.15) is 0 Å². The zero-order valence-corrected chi connectivity index (χ0v) is 17.2. The van der Waals surface area contributed by atoms with E-state index in [4.69, 9.17) is 10.5 Å². The van der Waals surface area contributed by atoms with Crippen LogP contribution in [0.25, 0.3) is 0 Å². The van der Waals surface area contributed by atoms with Crippen LogP contribution >= 0.6 is 24.0 Å². The van der Waals surface area contributed by atoms with E-state index in [0.29, 0.717) is 5.96 Å². The van der Waals surface area contributed by atoms with Gasteiger partial charge in [-0.15, -0.1) is 24.0 Å².